The summed E-state index contributed by atoms with van der Waals surface area (Å²) in [6, 6.07) is 72.9. The van der Waals surface area contributed by atoms with Crippen molar-refractivity contribution in [2.45, 2.75) is 105 Å². The average Bonchev–Trinajstić information content (AvgIpc) is 1.88. The molecule has 0 radical (unpaired) electrons. The smallest absolute Gasteiger partial charge is 0.291 e. The lowest BCUT2D eigenvalue weighted by atomic mass is 9.86. The minimum absolute atomic E-state index is 0.0563. The topological polar surface area (TPSA) is 70.8 Å². The molecule has 6 aromatic heterocycles. The van der Waals surface area contributed by atoms with Crippen LogP contribution in [0.4, 0.5) is 0 Å². The van der Waals surface area contributed by atoms with Crippen molar-refractivity contribution < 1.29 is 28.1 Å². The van der Waals surface area contributed by atoms with Gasteiger partial charge in [0.2, 0.25) is 0 Å². The van der Waals surface area contributed by atoms with E-state index in [2.05, 4.69) is 285 Å². The maximum Gasteiger partial charge on any atom is 0.291 e. The van der Waals surface area contributed by atoms with Gasteiger partial charge in [-0.3, -0.25) is 4.40 Å². The van der Waals surface area contributed by atoms with Crippen LogP contribution in [0.1, 0.15) is 86.3 Å². The maximum absolute atomic E-state index is 6.63. The van der Waals surface area contributed by atoms with Gasteiger partial charge in [0.05, 0.1) is 36.7 Å². The van der Waals surface area contributed by atoms with Gasteiger partial charge in [-0.2, -0.15) is 13.4 Å². The number of rotatable bonds is 18. The number of imidazole rings is 3. The van der Waals surface area contributed by atoms with E-state index in [9.17, 15) is 0 Å². The highest BCUT2D eigenvalue weighted by molar-refractivity contribution is 5.73. The molecule has 10 nitrogen and oxygen atoms in total. The van der Waals surface area contributed by atoms with E-state index in [1.165, 1.54) is 16.7 Å². The Morgan fingerprint density at radius 2 is 0.843 bits per heavy atom. The highest BCUT2D eigenvalue weighted by Crippen LogP contribution is 2.35. The quantitative estimate of drug-likeness (QED) is 0.0801. The van der Waals surface area contributed by atoms with Crippen LogP contribution in [0, 0.1) is 0 Å². The summed E-state index contributed by atoms with van der Waals surface area (Å²) in [6.45, 7) is 22.2. The lowest BCUT2D eigenvalue weighted by molar-refractivity contribution is -0.673. The molecule has 1 unspecified atom stereocenters. The Kier molecular flexibility index (Phi) is 15.7. The van der Waals surface area contributed by atoms with Gasteiger partial charge in [0.15, 0.2) is 11.4 Å². The van der Waals surface area contributed by atoms with E-state index in [1.807, 2.05) is 50.4 Å². The Labute approximate surface area is 522 Å². The van der Waals surface area contributed by atoms with Gasteiger partial charge in [0, 0.05) is 58.1 Å². The predicted molar refractivity (Wildman–Crippen MR) is 359 cm³/mol. The number of nitrogens with zero attached hydrogens (tertiary/aromatic N) is 6. The largest absolute Gasteiger partial charge is 0.491 e. The zero-order chi connectivity index (χ0) is 61.5. The van der Waals surface area contributed by atoms with Crippen LogP contribution in [0.2, 0.25) is 0 Å². The molecule has 89 heavy (non-hydrogen) atoms. The third kappa shape index (κ3) is 12.4. The molecule has 0 bridgehead atoms. The minimum atomic E-state index is 0.0563. The van der Waals surface area contributed by atoms with Crippen LogP contribution in [-0.2, 0) is 12.0 Å². The van der Waals surface area contributed by atoms with Crippen molar-refractivity contribution in [3.8, 4) is 102 Å². The fraction of sp³-hybridized carbons (Fsp3) is 0.203. The number of ether oxygens (including phenoxy) is 4. The van der Waals surface area contributed by atoms with E-state index in [1.54, 1.807) is 0 Å². The van der Waals surface area contributed by atoms with E-state index in [0.717, 1.165) is 120 Å². The normalized spacial score (nSPS) is 12.2. The molecule has 0 aliphatic carbocycles. The summed E-state index contributed by atoms with van der Waals surface area (Å²) in [5.41, 5.74) is 19.8. The lowest BCUT2D eigenvalue weighted by Gasteiger charge is -2.18. The van der Waals surface area contributed by atoms with Gasteiger partial charge in [0.25, 0.3) is 11.3 Å². The van der Waals surface area contributed by atoms with Gasteiger partial charge in [-0.25, -0.2) is 9.55 Å². The van der Waals surface area contributed by atoms with Crippen LogP contribution in [0.3, 0.4) is 0 Å². The van der Waals surface area contributed by atoms with E-state index in [-0.39, 0.29) is 29.6 Å². The van der Waals surface area contributed by atoms with Gasteiger partial charge < -0.3 is 18.9 Å². The molecule has 0 aliphatic rings. The molecule has 0 aliphatic heterocycles. The monoisotopic (exact) mass is 1170 g/mol. The summed E-state index contributed by atoms with van der Waals surface area (Å²) in [5, 5.41) is 0. The second-order valence-corrected chi connectivity index (χ2v) is 25.2. The summed E-state index contributed by atoms with van der Waals surface area (Å²) in [5.74, 6) is 4.25. The molecule has 13 aromatic rings. The molecule has 0 amide bonds. The second kappa shape index (κ2) is 24.2. The minimum Gasteiger partial charge on any atom is -0.491 e. The molecule has 444 valence electrons. The first-order valence-electron chi connectivity index (χ1n) is 31.0. The Hall–Kier alpha value is -10.2. The first-order chi connectivity index (χ1) is 43.0. The van der Waals surface area contributed by atoms with Crippen molar-refractivity contribution in [3.63, 3.8) is 0 Å². The van der Waals surface area contributed by atoms with Crippen LogP contribution in [-0.4, -0.2) is 36.5 Å². The summed E-state index contributed by atoms with van der Waals surface area (Å²) < 4.78 is 36.0. The van der Waals surface area contributed by atoms with Crippen molar-refractivity contribution in [1.82, 2.24) is 18.2 Å². The molecular formula is C79H76N6O4+2. The number of aromatic nitrogens is 6. The highest BCUT2D eigenvalue weighted by Gasteiger charge is 2.25. The summed E-state index contributed by atoms with van der Waals surface area (Å²) in [6.07, 6.45) is 13.5. The molecule has 10 heteroatoms. The van der Waals surface area contributed by atoms with Crippen molar-refractivity contribution in [2.24, 2.45) is 0 Å². The highest BCUT2D eigenvalue weighted by atomic mass is 16.5. The number of benzene rings is 7. The Morgan fingerprint density at radius 1 is 0.404 bits per heavy atom. The van der Waals surface area contributed by atoms with Crippen LogP contribution < -0.4 is 28.1 Å². The Bertz CT molecular complexity index is 4630. The SMILES string of the molecule is CC(C)Oc1ccc(-c2ccc3ncc(-c4ccc(Oc5cccc(-[n+]6cc(-c7ccc(C(C)C[n+]8cc(-c9ccc(C(C)(C)C)cc9)n9cc(-c%10ccc(OC(C)C)cc%10)ccc98)cc7)n7cc(-c8ccc(OC(C)C)cc8)ccc76)c5)cc4)n3c2)cc1. The molecule has 0 spiro atoms. The molecule has 6 heterocycles. The Morgan fingerprint density at radius 3 is 1.38 bits per heavy atom. The second-order valence-electron chi connectivity index (χ2n) is 25.2. The van der Waals surface area contributed by atoms with Crippen LogP contribution >= 0.6 is 0 Å². The van der Waals surface area contributed by atoms with E-state index in [0.29, 0.717) is 0 Å². The first-order valence-corrected chi connectivity index (χ1v) is 31.0. The fourth-order valence-electron chi connectivity index (χ4n) is 11.9. The van der Waals surface area contributed by atoms with Crippen LogP contribution in [0.25, 0.3) is 89.8 Å². The molecule has 0 saturated carbocycles. The fourth-order valence-corrected chi connectivity index (χ4v) is 11.9. The number of hydrogen-bond donors (Lipinski definition) is 0. The zero-order valence-electron chi connectivity index (χ0n) is 52.4. The molecule has 0 saturated heterocycles. The molecule has 0 fully saturated rings. The van der Waals surface area contributed by atoms with Gasteiger partial charge >= 0.3 is 0 Å². The van der Waals surface area contributed by atoms with Gasteiger partial charge in [-0.05, 0) is 177 Å². The molecule has 7 aromatic carbocycles. The van der Waals surface area contributed by atoms with Crippen molar-refractivity contribution in [3.05, 3.63) is 255 Å². The van der Waals surface area contributed by atoms with Gasteiger partial charge in [-0.1, -0.05) is 119 Å². The maximum atomic E-state index is 6.63. The van der Waals surface area contributed by atoms with Gasteiger partial charge in [-0.15, -0.1) is 0 Å². The van der Waals surface area contributed by atoms with Crippen molar-refractivity contribution >= 4 is 16.9 Å². The van der Waals surface area contributed by atoms with Crippen molar-refractivity contribution in [2.75, 3.05) is 0 Å². The van der Waals surface area contributed by atoms with Gasteiger partial charge in [0.1, 0.15) is 64.9 Å². The third-order valence-electron chi connectivity index (χ3n) is 16.4. The molecular weight excluding hydrogens is 1100 g/mol. The van der Waals surface area contributed by atoms with Crippen molar-refractivity contribution in [1.29, 1.82) is 0 Å². The molecule has 1 atom stereocenters. The average molecular weight is 1170 g/mol. The van der Waals surface area contributed by atoms with Crippen LogP contribution in [0.15, 0.2) is 243 Å². The summed E-state index contributed by atoms with van der Waals surface area (Å²) in [4.78, 5) is 4.74. The number of pyridine rings is 3. The standard InChI is InChI=1S/C79H76N6O4/c1-52(2)86-68-33-20-57(21-34-68)63-28-41-76-80-45-73(83(76)47-63)60-26-39-71(40-27-60)89-72-13-11-12-67(44-72)82-51-75(85-49-65(30-43-78(82)85)59-24-37-70(38-25-59)88-54(5)6)61-16-14-56(15-17-61)55(7)46-81-50-74(62-18-31-66(32-19-62)79(8,9)10)84-48-64(29-42-77(81)84)58-22-35-69(36-23-58)87-53(3)4/h11-45,47-55H,46H2,1-10H3/q+2. The van der Waals surface area contributed by atoms with Crippen LogP contribution in [0.5, 0.6) is 28.7 Å². The first kappa shape index (κ1) is 57.9. The van der Waals surface area contributed by atoms with E-state index >= 15 is 0 Å². The summed E-state index contributed by atoms with van der Waals surface area (Å²) >= 11 is 0. The lowest BCUT2D eigenvalue weighted by Crippen LogP contribution is -2.35. The molecule has 0 N–H and O–H groups in total. The van der Waals surface area contributed by atoms with E-state index < -0.39 is 0 Å². The third-order valence-corrected chi connectivity index (χ3v) is 16.4. The summed E-state index contributed by atoms with van der Waals surface area (Å²) in [7, 11) is 0. The zero-order valence-corrected chi connectivity index (χ0v) is 52.4. The molecule has 13 rings (SSSR count). The Balaban J connectivity index is 0.789. The number of hydrogen-bond acceptors (Lipinski definition) is 5. The predicted octanol–water partition coefficient (Wildman–Crippen LogP) is 18.7. The number of fused-ring (bicyclic) bond motifs is 3. The van der Waals surface area contributed by atoms with E-state index in [4.69, 9.17) is 23.9 Å².